The zero-order chi connectivity index (χ0) is 24.9. The first-order chi connectivity index (χ1) is 16.0. The highest BCUT2D eigenvalue weighted by molar-refractivity contribution is 7.93. The SMILES string of the molecule is CCOc1ccc(N(C(=O)COc2ccccc2C(C)(C)C)S(=O)(=O)c2ccc(C)cc2)cc1. The minimum absolute atomic E-state index is 0.0235. The van der Waals surface area contributed by atoms with Crippen LogP contribution >= 0.6 is 0 Å². The van der Waals surface area contributed by atoms with Gasteiger partial charge in [-0.05, 0) is 67.3 Å². The Balaban J connectivity index is 1.97. The summed E-state index contributed by atoms with van der Waals surface area (Å²) in [5.74, 6) is 0.429. The van der Waals surface area contributed by atoms with Crippen molar-refractivity contribution in [3.8, 4) is 11.5 Å². The Morgan fingerprint density at radius 3 is 2.09 bits per heavy atom. The summed E-state index contributed by atoms with van der Waals surface area (Å²) in [6.07, 6.45) is 0. The first-order valence-electron chi connectivity index (χ1n) is 11.1. The maximum Gasteiger partial charge on any atom is 0.278 e. The van der Waals surface area contributed by atoms with Gasteiger partial charge in [0, 0.05) is 0 Å². The summed E-state index contributed by atoms with van der Waals surface area (Å²) in [6, 6.07) is 20.2. The van der Waals surface area contributed by atoms with Crippen molar-refractivity contribution in [1.82, 2.24) is 0 Å². The van der Waals surface area contributed by atoms with E-state index in [1.807, 2.05) is 52.8 Å². The van der Waals surface area contributed by atoms with E-state index in [4.69, 9.17) is 9.47 Å². The second kappa shape index (κ2) is 10.3. The highest BCUT2D eigenvalue weighted by Gasteiger charge is 2.32. The molecule has 0 saturated heterocycles. The van der Waals surface area contributed by atoms with Crippen LogP contribution in [0.25, 0.3) is 0 Å². The lowest BCUT2D eigenvalue weighted by atomic mass is 9.86. The molecular weight excluding hydrogens is 450 g/mol. The number of sulfonamides is 1. The number of hydrogen-bond acceptors (Lipinski definition) is 5. The topological polar surface area (TPSA) is 72.9 Å². The van der Waals surface area contributed by atoms with Gasteiger partial charge in [-0.2, -0.15) is 4.31 Å². The summed E-state index contributed by atoms with van der Waals surface area (Å²) in [5.41, 5.74) is 1.85. The van der Waals surface area contributed by atoms with Crippen molar-refractivity contribution in [1.29, 1.82) is 0 Å². The molecule has 3 aromatic rings. The molecule has 0 atom stereocenters. The number of nitrogens with zero attached hydrogens (tertiary/aromatic N) is 1. The van der Waals surface area contributed by atoms with Crippen LogP contribution in [-0.2, 0) is 20.2 Å². The number of carbonyl (C=O) groups is 1. The first kappa shape index (κ1) is 25.3. The molecule has 0 spiro atoms. The van der Waals surface area contributed by atoms with Crippen molar-refractivity contribution >= 4 is 21.6 Å². The molecule has 0 bridgehead atoms. The maximum absolute atomic E-state index is 13.6. The van der Waals surface area contributed by atoms with Gasteiger partial charge >= 0.3 is 0 Å². The number of ether oxygens (including phenoxy) is 2. The van der Waals surface area contributed by atoms with Crippen LogP contribution in [0.3, 0.4) is 0 Å². The second-order valence-electron chi connectivity index (χ2n) is 8.94. The second-order valence-corrected chi connectivity index (χ2v) is 10.7. The Labute approximate surface area is 202 Å². The molecule has 1 amide bonds. The number of benzene rings is 3. The van der Waals surface area contributed by atoms with E-state index >= 15 is 0 Å². The fraction of sp³-hybridized carbons (Fsp3) is 0.296. The molecule has 180 valence electrons. The van der Waals surface area contributed by atoms with Crippen LogP contribution in [0.2, 0.25) is 0 Å². The van der Waals surface area contributed by atoms with Crippen molar-refractivity contribution in [3.63, 3.8) is 0 Å². The van der Waals surface area contributed by atoms with E-state index in [9.17, 15) is 13.2 Å². The Kier molecular flexibility index (Phi) is 7.67. The molecule has 3 aromatic carbocycles. The highest BCUT2D eigenvalue weighted by Crippen LogP contribution is 2.32. The van der Waals surface area contributed by atoms with Crippen molar-refractivity contribution in [2.24, 2.45) is 0 Å². The van der Waals surface area contributed by atoms with Gasteiger partial charge in [0.2, 0.25) is 0 Å². The first-order valence-corrected chi connectivity index (χ1v) is 12.6. The van der Waals surface area contributed by atoms with Crippen molar-refractivity contribution < 1.29 is 22.7 Å². The molecule has 0 fully saturated rings. The van der Waals surface area contributed by atoms with Gasteiger partial charge in [-0.15, -0.1) is 0 Å². The molecule has 0 aliphatic carbocycles. The molecule has 6 nitrogen and oxygen atoms in total. The van der Waals surface area contributed by atoms with Gasteiger partial charge in [-0.25, -0.2) is 8.42 Å². The Hall–Kier alpha value is -3.32. The lowest BCUT2D eigenvalue weighted by molar-refractivity contribution is -0.119. The van der Waals surface area contributed by atoms with E-state index in [0.717, 1.165) is 15.4 Å². The summed E-state index contributed by atoms with van der Waals surface area (Å²) >= 11 is 0. The van der Waals surface area contributed by atoms with Crippen LogP contribution in [0, 0.1) is 6.92 Å². The average molecular weight is 482 g/mol. The molecule has 0 aromatic heterocycles. The number of anilines is 1. The third kappa shape index (κ3) is 5.78. The minimum Gasteiger partial charge on any atom is -0.494 e. The third-order valence-electron chi connectivity index (χ3n) is 5.21. The lowest BCUT2D eigenvalue weighted by Crippen LogP contribution is -2.40. The summed E-state index contributed by atoms with van der Waals surface area (Å²) in [5, 5.41) is 0. The standard InChI is InChI=1S/C27H31NO5S/c1-6-32-22-15-13-21(14-16-22)28(34(30,31)23-17-11-20(2)12-18-23)26(29)19-33-25-10-8-7-9-24(25)27(3,4)5/h7-18H,6,19H2,1-5H3. The van der Waals surface area contributed by atoms with E-state index in [-0.39, 0.29) is 16.0 Å². The van der Waals surface area contributed by atoms with Crippen molar-refractivity contribution in [2.75, 3.05) is 17.5 Å². The number of aryl methyl sites for hydroxylation is 1. The quantitative estimate of drug-likeness (QED) is 0.425. The molecule has 0 radical (unpaired) electrons. The van der Waals surface area contributed by atoms with Gasteiger partial charge in [-0.1, -0.05) is 56.7 Å². The van der Waals surface area contributed by atoms with Gasteiger partial charge in [-0.3, -0.25) is 4.79 Å². The van der Waals surface area contributed by atoms with Crippen LogP contribution in [0.1, 0.15) is 38.8 Å². The predicted molar refractivity (Wildman–Crippen MR) is 134 cm³/mol. The summed E-state index contributed by atoms with van der Waals surface area (Å²) in [6.45, 7) is 9.90. The molecular formula is C27H31NO5S. The fourth-order valence-electron chi connectivity index (χ4n) is 3.49. The predicted octanol–water partition coefficient (Wildman–Crippen LogP) is 5.49. The molecule has 34 heavy (non-hydrogen) atoms. The van der Waals surface area contributed by atoms with E-state index in [2.05, 4.69) is 0 Å². The van der Waals surface area contributed by atoms with E-state index in [1.165, 1.54) is 12.1 Å². The largest absolute Gasteiger partial charge is 0.494 e. The van der Waals surface area contributed by atoms with Crippen LogP contribution in [0.5, 0.6) is 11.5 Å². The van der Waals surface area contributed by atoms with Gasteiger partial charge in [0.15, 0.2) is 6.61 Å². The van der Waals surface area contributed by atoms with Crippen LogP contribution in [-0.4, -0.2) is 27.5 Å². The highest BCUT2D eigenvalue weighted by atomic mass is 32.2. The zero-order valence-electron chi connectivity index (χ0n) is 20.2. The average Bonchev–Trinajstić information content (AvgIpc) is 2.79. The molecule has 0 aliphatic heterocycles. The van der Waals surface area contributed by atoms with Crippen molar-refractivity contribution in [2.45, 2.75) is 44.9 Å². The molecule has 0 aliphatic rings. The van der Waals surface area contributed by atoms with Crippen LogP contribution < -0.4 is 13.8 Å². The number of amides is 1. The molecule has 0 N–H and O–H groups in total. The number of para-hydroxylation sites is 1. The van der Waals surface area contributed by atoms with Gasteiger partial charge < -0.3 is 9.47 Å². The number of rotatable bonds is 8. The normalized spacial score (nSPS) is 11.7. The monoisotopic (exact) mass is 481 g/mol. The smallest absolute Gasteiger partial charge is 0.278 e. The molecule has 0 saturated carbocycles. The summed E-state index contributed by atoms with van der Waals surface area (Å²) < 4.78 is 39.2. The molecule has 7 heteroatoms. The third-order valence-corrected chi connectivity index (χ3v) is 6.98. The van der Waals surface area contributed by atoms with Gasteiger partial charge in [0.25, 0.3) is 15.9 Å². The number of hydrogen-bond donors (Lipinski definition) is 0. The Morgan fingerprint density at radius 2 is 1.50 bits per heavy atom. The van der Waals surface area contributed by atoms with Crippen molar-refractivity contribution in [3.05, 3.63) is 83.9 Å². The summed E-state index contributed by atoms with van der Waals surface area (Å²) in [7, 11) is -4.18. The zero-order valence-corrected chi connectivity index (χ0v) is 21.1. The van der Waals surface area contributed by atoms with Gasteiger partial charge in [0.05, 0.1) is 17.2 Å². The number of carbonyl (C=O) groups excluding carboxylic acids is 1. The van der Waals surface area contributed by atoms with Crippen LogP contribution in [0.4, 0.5) is 5.69 Å². The molecule has 3 rings (SSSR count). The molecule has 0 unspecified atom stereocenters. The summed E-state index contributed by atoms with van der Waals surface area (Å²) in [4.78, 5) is 13.4. The Morgan fingerprint density at radius 1 is 0.882 bits per heavy atom. The maximum atomic E-state index is 13.6. The minimum atomic E-state index is -4.18. The van der Waals surface area contributed by atoms with Gasteiger partial charge in [0.1, 0.15) is 11.5 Å². The van der Waals surface area contributed by atoms with E-state index < -0.39 is 22.5 Å². The van der Waals surface area contributed by atoms with E-state index in [1.54, 1.807) is 42.5 Å². The molecule has 0 heterocycles. The Bertz CT molecular complexity index is 1230. The lowest BCUT2D eigenvalue weighted by Gasteiger charge is -2.25. The fourth-order valence-corrected chi connectivity index (χ4v) is 4.90. The van der Waals surface area contributed by atoms with Crippen LogP contribution in [0.15, 0.2) is 77.7 Å². The van der Waals surface area contributed by atoms with E-state index in [0.29, 0.717) is 18.1 Å².